The van der Waals surface area contributed by atoms with Crippen molar-refractivity contribution in [1.82, 2.24) is 4.98 Å². The van der Waals surface area contributed by atoms with Crippen molar-refractivity contribution in [2.45, 2.75) is 0 Å². The summed E-state index contributed by atoms with van der Waals surface area (Å²) in [5, 5.41) is 33.2. The topological polar surface area (TPSA) is 123 Å². The van der Waals surface area contributed by atoms with Crippen LogP contribution in [0.5, 0.6) is 0 Å². The minimum atomic E-state index is -0.472. The van der Waals surface area contributed by atoms with Crippen LogP contribution in [-0.4, -0.2) is 14.8 Å². The minimum Gasteiger partial charge on any atom is -0.258 e. The van der Waals surface area contributed by atoms with Crippen molar-refractivity contribution >= 4 is 34.4 Å². The Kier molecular flexibility index (Phi) is 5.87. The molecule has 0 bridgehead atoms. The van der Waals surface area contributed by atoms with E-state index in [-0.39, 0.29) is 11.4 Å². The second kappa shape index (κ2) is 8.69. The Morgan fingerprint density at radius 2 is 1.79 bits per heavy atom. The summed E-state index contributed by atoms with van der Waals surface area (Å²) >= 11 is 1.26. The molecule has 0 saturated heterocycles. The fourth-order valence-corrected chi connectivity index (χ4v) is 3.23. The first-order valence-electron chi connectivity index (χ1n) is 8.21. The van der Waals surface area contributed by atoms with Crippen molar-refractivity contribution in [1.29, 1.82) is 5.26 Å². The average Bonchev–Trinajstić information content (AvgIpc) is 3.21. The van der Waals surface area contributed by atoms with Gasteiger partial charge in [0.05, 0.1) is 21.1 Å². The van der Waals surface area contributed by atoms with Gasteiger partial charge in [-0.3, -0.25) is 20.2 Å². The molecule has 1 heterocycles. The zero-order valence-electron chi connectivity index (χ0n) is 14.8. The van der Waals surface area contributed by atoms with Crippen molar-refractivity contribution in [3.63, 3.8) is 0 Å². The van der Waals surface area contributed by atoms with Gasteiger partial charge in [-0.15, -0.1) is 11.3 Å². The number of aromatic nitrogens is 1. The highest BCUT2D eigenvalue weighted by atomic mass is 32.1. The lowest BCUT2D eigenvalue weighted by molar-refractivity contribution is -0.385. The van der Waals surface area contributed by atoms with Gasteiger partial charge in [-0.05, 0) is 23.8 Å². The second-order valence-electron chi connectivity index (χ2n) is 5.75. The summed E-state index contributed by atoms with van der Waals surface area (Å²) < 4.78 is 0. The number of non-ortho nitro benzene ring substituents is 2. The number of allylic oxidation sites excluding steroid dienone is 3. The lowest BCUT2D eigenvalue weighted by atomic mass is 10.1. The molecule has 3 rings (SSSR count). The molecule has 1 aromatic heterocycles. The van der Waals surface area contributed by atoms with Crippen molar-refractivity contribution < 1.29 is 9.85 Å². The first-order chi connectivity index (χ1) is 14.0. The van der Waals surface area contributed by atoms with E-state index in [1.165, 1.54) is 35.6 Å². The predicted octanol–water partition coefficient (Wildman–Crippen LogP) is 5.25. The van der Waals surface area contributed by atoms with Gasteiger partial charge in [-0.25, -0.2) is 4.98 Å². The molecular weight excluding hydrogens is 392 g/mol. The highest BCUT2D eigenvalue weighted by Crippen LogP contribution is 2.28. The van der Waals surface area contributed by atoms with Crippen LogP contribution >= 0.6 is 11.3 Å². The highest BCUT2D eigenvalue weighted by Gasteiger charge is 2.11. The summed E-state index contributed by atoms with van der Waals surface area (Å²) in [6, 6.07) is 14.2. The lowest BCUT2D eigenvalue weighted by Gasteiger charge is -1.96. The van der Waals surface area contributed by atoms with E-state index in [1.807, 2.05) is 0 Å². The molecule has 142 valence electrons. The fourth-order valence-electron chi connectivity index (χ4n) is 2.43. The highest BCUT2D eigenvalue weighted by molar-refractivity contribution is 7.11. The van der Waals surface area contributed by atoms with Gasteiger partial charge in [0.25, 0.3) is 11.4 Å². The molecule has 0 N–H and O–H groups in total. The van der Waals surface area contributed by atoms with Gasteiger partial charge in [0.15, 0.2) is 0 Å². The van der Waals surface area contributed by atoms with E-state index in [0.717, 1.165) is 5.56 Å². The van der Waals surface area contributed by atoms with E-state index < -0.39 is 9.85 Å². The predicted molar refractivity (Wildman–Crippen MR) is 110 cm³/mol. The maximum Gasteiger partial charge on any atom is 0.270 e. The van der Waals surface area contributed by atoms with Crippen LogP contribution in [0, 0.1) is 31.6 Å². The van der Waals surface area contributed by atoms with E-state index >= 15 is 0 Å². The summed E-state index contributed by atoms with van der Waals surface area (Å²) in [5.41, 5.74) is 2.21. The van der Waals surface area contributed by atoms with Gasteiger partial charge < -0.3 is 0 Å². The van der Waals surface area contributed by atoms with Gasteiger partial charge in [0, 0.05) is 35.2 Å². The molecular formula is C20H12N4O4S. The minimum absolute atomic E-state index is 0.00636. The Bertz CT molecular complexity index is 1170. The number of benzene rings is 2. The van der Waals surface area contributed by atoms with Crippen LogP contribution in [-0.2, 0) is 0 Å². The van der Waals surface area contributed by atoms with Gasteiger partial charge in [0.1, 0.15) is 11.1 Å². The maximum atomic E-state index is 10.9. The van der Waals surface area contributed by atoms with E-state index in [9.17, 15) is 25.5 Å². The van der Waals surface area contributed by atoms with Crippen molar-refractivity contribution in [3.05, 3.63) is 96.9 Å². The number of hydrogen-bond acceptors (Lipinski definition) is 7. The first kappa shape index (κ1) is 19.6. The molecule has 0 aliphatic carbocycles. The number of thiazole rings is 1. The molecule has 0 fully saturated rings. The van der Waals surface area contributed by atoms with E-state index in [4.69, 9.17) is 0 Å². The number of rotatable bonds is 6. The van der Waals surface area contributed by atoms with Crippen molar-refractivity contribution in [3.8, 4) is 17.3 Å². The van der Waals surface area contributed by atoms with Gasteiger partial charge in [0.2, 0.25) is 0 Å². The molecule has 0 atom stereocenters. The lowest BCUT2D eigenvalue weighted by Crippen LogP contribution is -1.88. The summed E-state index contributed by atoms with van der Waals surface area (Å²) in [6.07, 6.45) is 4.97. The van der Waals surface area contributed by atoms with Crippen molar-refractivity contribution in [2.75, 3.05) is 0 Å². The molecule has 0 amide bonds. The number of nitrogens with zero attached hydrogens (tertiary/aromatic N) is 4. The van der Waals surface area contributed by atoms with Crippen LogP contribution in [0.2, 0.25) is 0 Å². The summed E-state index contributed by atoms with van der Waals surface area (Å²) in [4.78, 5) is 25.1. The SMILES string of the molecule is N#CC(=CC=Cc1ccc([N+](=O)[O-])cc1)c1nc(-c2cccc([N+](=O)[O-])c2)cs1. The quantitative estimate of drug-likeness (QED) is 0.239. The third-order valence-electron chi connectivity index (χ3n) is 3.86. The molecule has 29 heavy (non-hydrogen) atoms. The summed E-state index contributed by atoms with van der Waals surface area (Å²) in [5.74, 6) is 0. The largest absolute Gasteiger partial charge is 0.270 e. The Hall–Kier alpha value is -4.16. The monoisotopic (exact) mass is 404 g/mol. The van der Waals surface area contributed by atoms with Crippen LogP contribution in [0.1, 0.15) is 10.6 Å². The van der Waals surface area contributed by atoms with Crippen LogP contribution in [0.15, 0.2) is 66.1 Å². The van der Waals surface area contributed by atoms with Crippen LogP contribution in [0.3, 0.4) is 0 Å². The molecule has 8 nitrogen and oxygen atoms in total. The Morgan fingerprint density at radius 1 is 1.07 bits per heavy atom. The third-order valence-corrected chi connectivity index (χ3v) is 4.74. The van der Waals surface area contributed by atoms with Crippen LogP contribution in [0.25, 0.3) is 22.9 Å². The molecule has 0 radical (unpaired) electrons. The normalized spacial score (nSPS) is 11.3. The summed E-state index contributed by atoms with van der Waals surface area (Å²) in [6.45, 7) is 0. The molecule has 0 unspecified atom stereocenters. The maximum absolute atomic E-state index is 10.9. The zero-order chi connectivity index (χ0) is 20.8. The molecule has 2 aromatic carbocycles. The van der Waals surface area contributed by atoms with Gasteiger partial charge in [-0.2, -0.15) is 5.26 Å². The standard InChI is InChI=1S/C20H12N4O4S/c21-12-16(5-1-3-14-7-9-17(10-8-14)23(25)26)20-22-19(13-29-20)15-4-2-6-18(11-15)24(27)28/h1-11,13H. The van der Waals surface area contributed by atoms with E-state index in [0.29, 0.717) is 21.8 Å². The Morgan fingerprint density at radius 3 is 2.45 bits per heavy atom. The van der Waals surface area contributed by atoms with E-state index in [2.05, 4.69) is 11.1 Å². The molecule has 9 heteroatoms. The number of nitro benzene ring substituents is 2. The van der Waals surface area contributed by atoms with Gasteiger partial charge >= 0.3 is 0 Å². The number of hydrogen-bond donors (Lipinski definition) is 0. The zero-order valence-corrected chi connectivity index (χ0v) is 15.6. The third kappa shape index (κ3) is 4.77. The molecule has 3 aromatic rings. The first-order valence-corrected chi connectivity index (χ1v) is 9.09. The van der Waals surface area contributed by atoms with Crippen molar-refractivity contribution in [2.24, 2.45) is 0 Å². The number of nitro groups is 2. The summed E-state index contributed by atoms with van der Waals surface area (Å²) in [7, 11) is 0. The van der Waals surface area contributed by atoms with E-state index in [1.54, 1.807) is 47.9 Å². The fraction of sp³-hybridized carbons (Fsp3) is 0. The molecule has 0 spiro atoms. The second-order valence-corrected chi connectivity index (χ2v) is 6.60. The van der Waals surface area contributed by atoms with Gasteiger partial charge in [-0.1, -0.05) is 24.3 Å². The average molecular weight is 404 g/mol. The Labute approximate surface area is 169 Å². The smallest absolute Gasteiger partial charge is 0.258 e. The molecule has 0 aliphatic heterocycles. The van der Waals surface area contributed by atoms with Crippen LogP contribution in [0.4, 0.5) is 11.4 Å². The molecule has 0 aliphatic rings. The Balaban J connectivity index is 1.80. The number of nitriles is 1. The molecule has 0 saturated carbocycles. The van der Waals surface area contributed by atoms with Crippen LogP contribution < -0.4 is 0 Å².